The average molecular weight is 273 g/mol. The predicted molar refractivity (Wildman–Crippen MR) is 70.7 cm³/mol. The molecule has 5 nitrogen and oxygen atoms in total. The van der Waals surface area contributed by atoms with Crippen LogP contribution in [0.5, 0.6) is 0 Å². The van der Waals surface area contributed by atoms with Gasteiger partial charge in [-0.2, -0.15) is 11.8 Å². The highest BCUT2D eigenvalue weighted by atomic mass is 32.2. The lowest BCUT2D eigenvalue weighted by molar-refractivity contribution is 0.0563. The Balaban J connectivity index is 2.58. The highest BCUT2D eigenvalue weighted by molar-refractivity contribution is 7.99. The number of furan rings is 1. The molecule has 1 rings (SSSR count). The van der Waals surface area contributed by atoms with Gasteiger partial charge in [0.2, 0.25) is 5.76 Å². The van der Waals surface area contributed by atoms with E-state index < -0.39 is 5.97 Å². The number of esters is 1. The van der Waals surface area contributed by atoms with Crippen molar-refractivity contribution < 1.29 is 19.1 Å². The summed E-state index contributed by atoms with van der Waals surface area (Å²) < 4.78 is 9.72. The first kappa shape index (κ1) is 15.1. The lowest BCUT2D eigenvalue weighted by Crippen LogP contribution is -2.37. The summed E-state index contributed by atoms with van der Waals surface area (Å²) in [5.41, 5.74) is 0.756. The Bertz CT molecular complexity index is 376. The van der Waals surface area contributed by atoms with E-state index in [2.05, 4.69) is 10.1 Å². The number of carbonyl (C=O) groups is 1. The molecule has 0 spiro atoms. The third kappa shape index (κ3) is 3.76. The van der Waals surface area contributed by atoms with Crippen LogP contribution in [0.4, 0.5) is 0 Å². The Labute approximate surface area is 111 Å². The second-order valence-corrected chi connectivity index (χ2v) is 4.97. The van der Waals surface area contributed by atoms with Crippen LogP contribution in [-0.4, -0.2) is 42.3 Å². The molecule has 0 fully saturated rings. The molecule has 1 aromatic rings. The van der Waals surface area contributed by atoms with E-state index in [0.717, 1.165) is 5.56 Å². The van der Waals surface area contributed by atoms with Gasteiger partial charge >= 0.3 is 5.97 Å². The number of nitrogens with one attached hydrogen (secondary N) is 1. The zero-order valence-corrected chi connectivity index (χ0v) is 11.6. The fourth-order valence-corrected chi connectivity index (χ4v) is 2.24. The van der Waals surface area contributed by atoms with E-state index in [4.69, 9.17) is 4.42 Å². The second kappa shape index (κ2) is 7.45. The summed E-state index contributed by atoms with van der Waals surface area (Å²) in [5.74, 6) is -0.255. The minimum absolute atomic E-state index is 0.116. The largest absolute Gasteiger partial charge is 0.463 e. The maximum atomic E-state index is 11.4. The summed E-state index contributed by atoms with van der Waals surface area (Å²) in [4.78, 5) is 11.4. The van der Waals surface area contributed by atoms with Crippen molar-refractivity contribution in [2.45, 2.75) is 24.8 Å². The summed E-state index contributed by atoms with van der Waals surface area (Å²) in [6.07, 6.45) is 3.42. The van der Waals surface area contributed by atoms with Crippen LogP contribution in [-0.2, 0) is 11.3 Å². The van der Waals surface area contributed by atoms with Crippen LogP contribution in [0.15, 0.2) is 16.7 Å². The molecule has 0 aromatic carbocycles. The Hall–Kier alpha value is -0.980. The van der Waals surface area contributed by atoms with E-state index in [0.29, 0.717) is 6.54 Å². The first-order chi connectivity index (χ1) is 8.63. The van der Waals surface area contributed by atoms with Crippen molar-refractivity contribution in [2.75, 3.05) is 20.0 Å². The molecule has 2 atom stereocenters. The molecule has 0 aliphatic rings. The fourth-order valence-electron chi connectivity index (χ4n) is 1.59. The van der Waals surface area contributed by atoms with Crippen LogP contribution >= 0.6 is 11.8 Å². The third-order valence-electron chi connectivity index (χ3n) is 2.77. The third-order valence-corrected chi connectivity index (χ3v) is 3.94. The van der Waals surface area contributed by atoms with Gasteiger partial charge in [0.25, 0.3) is 0 Å². The van der Waals surface area contributed by atoms with Crippen LogP contribution < -0.4 is 5.32 Å². The van der Waals surface area contributed by atoms with Gasteiger partial charge in [0.15, 0.2) is 0 Å². The molecule has 2 N–H and O–H groups in total. The van der Waals surface area contributed by atoms with Gasteiger partial charge in [-0.05, 0) is 19.2 Å². The van der Waals surface area contributed by atoms with Gasteiger partial charge in [0.1, 0.15) is 0 Å². The van der Waals surface area contributed by atoms with Gasteiger partial charge in [-0.15, -0.1) is 0 Å². The molecule has 18 heavy (non-hydrogen) atoms. The normalized spacial score (nSPS) is 14.2. The number of hydrogen-bond acceptors (Lipinski definition) is 6. The zero-order valence-electron chi connectivity index (χ0n) is 10.8. The highest BCUT2D eigenvalue weighted by Gasteiger charge is 2.18. The number of methoxy groups -OCH3 is 1. The van der Waals surface area contributed by atoms with Crippen LogP contribution in [0.2, 0.25) is 0 Å². The maximum absolute atomic E-state index is 11.4. The highest BCUT2D eigenvalue weighted by Crippen LogP contribution is 2.14. The number of thioether (sulfide) groups is 1. The Kier molecular flexibility index (Phi) is 6.24. The van der Waals surface area contributed by atoms with Crippen LogP contribution in [0.25, 0.3) is 0 Å². The van der Waals surface area contributed by atoms with Crippen LogP contribution in [0, 0.1) is 0 Å². The van der Waals surface area contributed by atoms with E-state index in [1.165, 1.54) is 13.4 Å². The van der Waals surface area contributed by atoms with Crippen molar-refractivity contribution >= 4 is 17.7 Å². The minimum Gasteiger partial charge on any atom is -0.463 e. The molecule has 0 amide bonds. The number of aliphatic hydroxyl groups is 1. The van der Waals surface area contributed by atoms with Crippen molar-refractivity contribution in [1.29, 1.82) is 0 Å². The molecule has 102 valence electrons. The molecule has 0 saturated heterocycles. The molecule has 0 bridgehead atoms. The van der Waals surface area contributed by atoms with Gasteiger partial charge in [0.05, 0.1) is 20.0 Å². The monoisotopic (exact) mass is 273 g/mol. The molecule has 1 aromatic heterocycles. The first-order valence-electron chi connectivity index (χ1n) is 5.65. The van der Waals surface area contributed by atoms with Crippen molar-refractivity contribution in [3.8, 4) is 0 Å². The predicted octanol–water partition coefficient (Wildman–Crippen LogP) is 1.27. The quantitative estimate of drug-likeness (QED) is 0.729. The topological polar surface area (TPSA) is 71.7 Å². The van der Waals surface area contributed by atoms with Gasteiger partial charge in [-0.1, -0.05) is 0 Å². The van der Waals surface area contributed by atoms with Crippen molar-refractivity contribution in [3.63, 3.8) is 0 Å². The fraction of sp³-hybridized carbons (Fsp3) is 0.583. The smallest absolute Gasteiger partial charge is 0.374 e. The summed E-state index contributed by atoms with van der Waals surface area (Å²) in [5, 5.41) is 12.6. The molecule has 0 aliphatic carbocycles. The van der Waals surface area contributed by atoms with Crippen molar-refractivity contribution in [1.82, 2.24) is 5.32 Å². The van der Waals surface area contributed by atoms with Gasteiger partial charge in [0, 0.05) is 23.4 Å². The van der Waals surface area contributed by atoms with Crippen LogP contribution in [0.3, 0.4) is 0 Å². The van der Waals surface area contributed by atoms with Crippen molar-refractivity contribution in [2.24, 2.45) is 0 Å². The van der Waals surface area contributed by atoms with E-state index in [1.807, 2.05) is 13.2 Å². The Morgan fingerprint density at radius 2 is 2.39 bits per heavy atom. The van der Waals surface area contributed by atoms with Gasteiger partial charge in [-0.3, -0.25) is 0 Å². The molecule has 0 saturated carbocycles. The molecular formula is C12H19NO4S. The maximum Gasteiger partial charge on any atom is 0.374 e. The number of carbonyl (C=O) groups excluding carboxylic acids is 1. The lowest BCUT2D eigenvalue weighted by Gasteiger charge is -2.21. The van der Waals surface area contributed by atoms with E-state index >= 15 is 0 Å². The van der Waals surface area contributed by atoms with E-state index in [1.54, 1.807) is 17.8 Å². The van der Waals surface area contributed by atoms with Gasteiger partial charge < -0.3 is 19.6 Å². The molecule has 6 heteroatoms. The Morgan fingerprint density at radius 1 is 1.67 bits per heavy atom. The van der Waals surface area contributed by atoms with Gasteiger partial charge in [-0.25, -0.2) is 4.79 Å². The average Bonchev–Trinajstić information content (AvgIpc) is 2.85. The summed E-state index contributed by atoms with van der Waals surface area (Å²) in [6, 6.07) is 1.87. The Morgan fingerprint density at radius 3 is 2.94 bits per heavy atom. The molecule has 1 heterocycles. The zero-order chi connectivity index (χ0) is 13.5. The number of rotatable bonds is 7. The first-order valence-corrected chi connectivity index (χ1v) is 6.94. The molecule has 0 aliphatic heterocycles. The molecular weight excluding hydrogens is 254 g/mol. The second-order valence-electron chi connectivity index (χ2n) is 3.89. The standard InChI is InChI=1S/C12H19NO4S/c1-8(10(7-14)18-3)13-6-9-4-5-17-11(9)12(15)16-2/h4-5,8,10,13-14H,6-7H2,1-3H3. The van der Waals surface area contributed by atoms with E-state index in [-0.39, 0.29) is 23.7 Å². The summed E-state index contributed by atoms with van der Waals surface area (Å²) >= 11 is 1.60. The summed E-state index contributed by atoms with van der Waals surface area (Å²) in [7, 11) is 1.32. The summed E-state index contributed by atoms with van der Waals surface area (Å²) in [6.45, 7) is 2.61. The number of ether oxygens (including phenoxy) is 1. The molecule has 0 radical (unpaired) electrons. The van der Waals surface area contributed by atoms with Crippen molar-refractivity contribution in [3.05, 3.63) is 23.7 Å². The molecule has 2 unspecified atom stereocenters. The number of aliphatic hydroxyl groups excluding tert-OH is 1. The lowest BCUT2D eigenvalue weighted by atomic mass is 10.2. The van der Waals surface area contributed by atoms with E-state index in [9.17, 15) is 9.90 Å². The minimum atomic E-state index is -0.479. The van der Waals surface area contributed by atoms with Crippen LogP contribution in [0.1, 0.15) is 23.0 Å². The SMILES string of the molecule is COC(=O)c1occc1CNC(C)C(CO)SC. The number of hydrogen-bond donors (Lipinski definition) is 2.